The summed E-state index contributed by atoms with van der Waals surface area (Å²) >= 11 is 9.62. The number of pyridine rings is 1. The first kappa shape index (κ1) is 20.6. The van der Waals surface area contributed by atoms with Crippen LogP contribution in [0.4, 0.5) is 0 Å². The number of benzene rings is 1. The summed E-state index contributed by atoms with van der Waals surface area (Å²) < 4.78 is 17.7. The van der Waals surface area contributed by atoms with Crippen LogP contribution in [-0.2, 0) is 4.74 Å². The van der Waals surface area contributed by atoms with Crippen molar-refractivity contribution in [2.24, 2.45) is 0 Å². The first-order chi connectivity index (χ1) is 14.1. The molecule has 0 unspecified atom stereocenters. The van der Waals surface area contributed by atoms with E-state index in [9.17, 15) is 0 Å². The third kappa shape index (κ3) is 4.92. The zero-order chi connectivity index (χ0) is 20.2. The molecule has 10 heteroatoms. The molecule has 29 heavy (non-hydrogen) atoms. The van der Waals surface area contributed by atoms with Crippen molar-refractivity contribution in [3.63, 3.8) is 0 Å². The smallest absolute Gasteiger partial charge is 0.180 e. The summed E-state index contributed by atoms with van der Waals surface area (Å²) in [6.45, 7) is 6.72. The van der Waals surface area contributed by atoms with Crippen molar-refractivity contribution in [2.45, 2.75) is 16.3 Å². The maximum Gasteiger partial charge on any atom is 0.180 e. The molecule has 1 saturated heterocycles. The predicted octanol–water partition coefficient (Wildman–Crippen LogP) is 3.92. The van der Waals surface area contributed by atoms with Crippen molar-refractivity contribution in [1.29, 1.82) is 0 Å². The number of morpholine rings is 1. The van der Waals surface area contributed by atoms with E-state index < -0.39 is 0 Å². The number of halogens is 1. The molecule has 0 radical (unpaired) electrons. The minimum atomic E-state index is 0.485. The van der Waals surface area contributed by atoms with E-state index in [0.29, 0.717) is 28.6 Å². The van der Waals surface area contributed by atoms with E-state index in [1.54, 1.807) is 7.11 Å². The summed E-state index contributed by atoms with van der Waals surface area (Å²) in [5.41, 5.74) is 0.652. The van der Waals surface area contributed by atoms with E-state index in [0.717, 1.165) is 52.6 Å². The molecule has 2 aromatic heterocycles. The van der Waals surface area contributed by atoms with Crippen molar-refractivity contribution in [3.8, 4) is 11.5 Å². The lowest BCUT2D eigenvalue weighted by atomic mass is 10.2. The van der Waals surface area contributed by atoms with Gasteiger partial charge in [0.25, 0.3) is 0 Å². The Balaban J connectivity index is 1.55. The fraction of sp³-hybridized carbons (Fsp3) is 0.421. The molecule has 0 atom stereocenters. The molecule has 1 aliphatic heterocycles. The number of rotatable bonds is 7. The lowest BCUT2D eigenvalue weighted by molar-refractivity contribution is 0.0322. The summed E-state index contributed by atoms with van der Waals surface area (Å²) in [6, 6.07) is 5.69. The van der Waals surface area contributed by atoms with E-state index in [4.69, 9.17) is 30.8 Å². The Bertz CT molecular complexity index is 995. The molecule has 1 aromatic carbocycles. The fourth-order valence-corrected chi connectivity index (χ4v) is 5.06. The molecule has 154 valence electrons. The van der Waals surface area contributed by atoms with E-state index in [1.807, 2.05) is 25.1 Å². The summed E-state index contributed by atoms with van der Waals surface area (Å²) in [7, 11) is 1.64. The zero-order valence-corrected chi connectivity index (χ0v) is 18.6. The van der Waals surface area contributed by atoms with Gasteiger partial charge in [-0.3, -0.25) is 4.90 Å². The van der Waals surface area contributed by atoms with Gasteiger partial charge in [0.15, 0.2) is 4.34 Å². The van der Waals surface area contributed by atoms with Gasteiger partial charge in [0.05, 0.1) is 25.8 Å². The van der Waals surface area contributed by atoms with Crippen LogP contribution in [0.3, 0.4) is 0 Å². The standard InChI is InChI=1S/C19H21ClN4O3S2/c1-12-22-23-19(28-12)29-16-11-15(25-2)13-3-4-14(17(20)18(13)21-16)27-10-7-24-5-8-26-9-6-24/h3-4,11H,5-10H2,1-2H3. The fourth-order valence-electron chi connectivity index (χ4n) is 3.04. The van der Waals surface area contributed by atoms with Gasteiger partial charge in [-0.05, 0) is 30.8 Å². The van der Waals surface area contributed by atoms with Gasteiger partial charge in [0, 0.05) is 31.1 Å². The Kier molecular flexibility index (Phi) is 6.71. The SMILES string of the molecule is COc1cc(Sc2nnc(C)s2)nc2c(Cl)c(OCCN3CCOCC3)ccc12. The van der Waals surface area contributed by atoms with Crippen LogP contribution in [0, 0.1) is 6.92 Å². The molecular formula is C19H21ClN4O3S2. The summed E-state index contributed by atoms with van der Waals surface area (Å²) in [6.07, 6.45) is 0. The maximum atomic E-state index is 6.66. The van der Waals surface area contributed by atoms with Gasteiger partial charge in [-0.15, -0.1) is 10.2 Å². The molecule has 4 rings (SSSR count). The van der Waals surface area contributed by atoms with Gasteiger partial charge in [-0.1, -0.05) is 22.9 Å². The third-order valence-corrected chi connectivity index (χ3v) is 6.68. The number of nitrogens with zero attached hydrogens (tertiary/aromatic N) is 4. The predicted molar refractivity (Wildman–Crippen MR) is 115 cm³/mol. The van der Waals surface area contributed by atoms with Crippen LogP contribution in [0.25, 0.3) is 10.9 Å². The summed E-state index contributed by atoms with van der Waals surface area (Å²) in [5, 5.41) is 11.2. The first-order valence-corrected chi connectivity index (χ1v) is 11.2. The number of hydrogen-bond acceptors (Lipinski definition) is 9. The van der Waals surface area contributed by atoms with E-state index in [-0.39, 0.29) is 0 Å². The van der Waals surface area contributed by atoms with Gasteiger partial charge in [-0.2, -0.15) is 0 Å². The van der Waals surface area contributed by atoms with Crippen LogP contribution >= 0.6 is 34.7 Å². The monoisotopic (exact) mass is 452 g/mol. The molecule has 0 saturated carbocycles. The topological polar surface area (TPSA) is 69.6 Å². The lowest BCUT2D eigenvalue weighted by Crippen LogP contribution is -2.38. The van der Waals surface area contributed by atoms with Crippen molar-refractivity contribution in [1.82, 2.24) is 20.1 Å². The Morgan fingerprint density at radius 3 is 2.79 bits per heavy atom. The maximum absolute atomic E-state index is 6.66. The highest BCUT2D eigenvalue weighted by molar-refractivity contribution is 8.01. The number of aromatic nitrogens is 3. The average Bonchev–Trinajstić information content (AvgIpc) is 3.15. The van der Waals surface area contributed by atoms with Gasteiger partial charge < -0.3 is 14.2 Å². The summed E-state index contributed by atoms with van der Waals surface area (Å²) in [5.74, 6) is 1.33. The van der Waals surface area contributed by atoms with Gasteiger partial charge in [0.2, 0.25) is 0 Å². The van der Waals surface area contributed by atoms with Gasteiger partial charge in [0.1, 0.15) is 33.2 Å². The third-order valence-electron chi connectivity index (χ3n) is 4.51. The first-order valence-electron chi connectivity index (χ1n) is 9.22. The lowest BCUT2D eigenvalue weighted by Gasteiger charge is -2.26. The Morgan fingerprint density at radius 1 is 1.24 bits per heavy atom. The number of aryl methyl sites for hydroxylation is 1. The minimum Gasteiger partial charge on any atom is -0.496 e. The minimum absolute atomic E-state index is 0.485. The second-order valence-electron chi connectivity index (χ2n) is 6.43. The second kappa shape index (κ2) is 9.44. The molecule has 0 spiro atoms. The quantitative estimate of drug-likeness (QED) is 0.534. The van der Waals surface area contributed by atoms with Gasteiger partial charge >= 0.3 is 0 Å². The highest BCUT2D eigenvalue weighted by Gasteiger charge is 2.16. The van der Waals surface area contributed by atoms with Crippen LogP contribution < -0.4 is 9.47 Å². The van der Waals surface area contributed by atoms with Crippen LogP contribution in [0.1, 0.15) is 5.01 Å². The summed E-state index contributed by atoms with van der Waals surface area (Å²) in [4.78, 5) is 7.05. The normalized spacial score (nSPS) is 15.0. The largest absolute Gasteiger partial charge is 0.496 e. The van der Waals surface area contributed by atoms with Crippen LogP contribution in [-0.4, -0.2) is 66.6 Å². The molecule has 7 nitrogen and oxygen atoms in total. The van der Waals surface area contributed by atoms with Crippen molar-refractivity contribution >= 4 is 45.6 Å². The molecule has 0 bridgehead atoms. The highest BCUT2D eigenvalue weighted by Crippen LogP contribution is 2.39. The second-order valence-corrected chi connectivity index (χ2v) is 9.26. The van der Waals surface area contributed by atoms with Gasteiger partial charge in [-0.25, -0.2) is 4.98 Å². The van der Waals surface area contributed by atoms with Crippen molar-refractivity contribution in [3.05, 3.63) is 28.2 Å². The Morgan fingerprint density at radius 2 is 2.07 bits per heavy atom. The van der Waals surface area contributed by atoms with E-state index in [2.05, 4.69) is 15.1 Å². The Hall–Kier alpha value is -1.65. The highest BCUT2D eigenvalue weighted by atomic mass is 35.5. The average molecular weight is 453 g/mol. The molecule has 3 heterocycles. The van der Waals surface area contributed by atoms with Crippen molar-refractivity contribution < 1.29 is 14.2 Å². The van der Waals surface area contributed by atoms with Crippen LogP contribution in [0.15, 0.2) is 27.6 Å². The Labute approximate surface area is 182 Å². The van der Waals surface area contributed by atoms with Crippen LogP contribution in [0.2, 0.25) is 5.02 Å². The van der Waals surface area contributed by atoms with Crippen LogP contribution in [0.5, 0.6) is 11.5 Å². The zero-order valence-electron chi connectivity index (χ0n) is 16.2. The number of hydrogen-bond donors (Lipinski definition) is 0. The van der Waals surface area contributed by atoms with E-state index >= 15 is 0 Å². The molecular weight excluding hydrogens is 432 g/mol. The number of methoxy groups -OCH3 is 1. The van der Waals surface area contributed by atoms with E-state index in [1.165, 1.54) is 23.1 Å². The van der Waals surface area contributed by atoms with Crippen molar-refractivity contribution in [2.75, 3.05) is 46.6 Å². The number of ether oxygens (including phenoxy) is 3. The molecule has 3 aromatic rings. The molecule has 0 N–H and O–H groups in total. The number of fused-ring (bicyclic) bond motifs is 1. The molecule has 0 amide bonds. The molecule has 0 aliphatic carbocycles. The molecule has 1 aliphatic rings. The molecule has 1 fully saturated rings.